The second-order valence-electron chi connectivity index (χ2n) is 40.7. The minimum Gasteiger partial charge on any atom is -0.497 e. The van der Waals surface area contributed by atoms with Gasteiger partial charge in [-0.3, -0.25) is 9.59 Å². The Hall–Kier alpha value is -2.09. The van der Waals surface area contributed by atoms with Gasteiger partial charge < -0.3 is 48.6 Å². The summed E-state index contributed by atoms with van der Waals surface area (Å²) in [6.07, 6.45) is 32.4. The summed E-state index contributed by atoms with van der Waals surface area (Å²) in [6, 6.07) is 8.34. The molecule has 2 aliphatic heterocycles. The first-order valence-corrected chi connectivity index (χ1v) is 42.9. The molecular formula is C90H143O12P. The van der Waals surface area contributed by atoms with Gasteiger partial charge in [-0.15, -0.1) is 0 Å². The molecule has 12 aliphatic carbocycles. The van der Waals surface area contributed by atoms with E-state index >= 15 is 0 Å². The van der Waals surface area contributed by atoms with Crippen molar-refractivity contribution in [2.75, 3.05) is 20.3 Å². The Morgan fingerprint density at radius 2 is 1.24 bits per heavy atom. The van der Waals surface area contributed by atoms with Gasteiger partial charge >= 0.3 is 0 Å². The molecule has 0 amide bonds. The van der Waals surface area contributed by atoms with Gasteiger partial charge in [0.25, 0.3) is 0 Å². The minimum atomic E-state index is -0.660. The molecule has 1 aromatic rings. The predicted molar refractivity (Wildman–Crippen MR) is 411 cm³/mol. The van der Waals surface area contributed by atoms with Crippen LogP contribution in [0.4, 0.5) is 0 Å². The number of fused-ring (bicyclic) bond motifs is 15. The lowest BCUT2D eigenvalue weighted by Crippen LogP contribution is -2.55. The highest BCUT2D eigenvalue weighted by Crippen LogP contribution is 2.71. The highest BCUT2D eigenvalue weighted by molar-refractivity contribution is 7.09. The van der Waals surface area contributed by atoms with Crippen LogP contribution in [0.3, 0.4) is 0 Å². The Morgan fingerprint density at radius 3 is 1.93 bits per heavy atom. The molecule has 15 rings (SSSR count). The topological polar surface area (TPSA) is 170 Å². The Bertz CT molecular complexity index is 3150. The molecule has 580 valence electrons. The first kappa shape index (κ1) is 79.0. The van der Waals surface area contributed by atoms with Gasteiger partial charge in [-0.1, -0.05) is 132 Å². The standard InChI is InChI=1S/C42H67O6P.C29H48O4.C19H28O2/c1-26(2)29(20-38-46-24-40(4,5)25-47-38)19-36(43)27(3)35-22-37(45-23-28-9-12-31(44-8)13-10-28)39-33-14-11-30-21-32(48-49)15-17-41(30,6)34(33)16-18-42(35,39)7;1-16(2)18-12-25(33-26(32)13-18)17(3)23-15-24(31)27-21-7-6-19-14-20(30)8-10-28(19,4)22(21)9-11-29(23,27)5;1-18-9-7-13(20)11-12(18)3-4-14-15-5-6-17(21)19(15,2)10-8-16(14)18/h9-13,26-27,29,32-39,43H,14-25,49H2,1-8H3;16-23,25-27,30,32H,6-15H2,1-5H3;3,13-16,20H,4-11H2,1-2H3/t27?,29?,32-,33?,34?,35?,36?,37?,39?,41-,42+;17?,18?,19?,20-,21?,22?,23?,25?,26?,27+,28-,29+;13-,14?,15?,16?,18-,19-/m000/s1. The highest BCUT2D eigenvalue weighted by atomic mass is 31.0. The van der Waals surface area contributed by atoms with Crippen LogP contribution in [0.2, 0.25) is 0 Å². The number of hydrogen-bond donors (Lipinski definition) is 4. The Balaban J connectivity index is 0.000000150. The van der Waals surface area contributed by atoms with Crippen molar-refractivity contribution in [1.82, 2.24) is 0 Å². The molecular weight excluding hydrogens is 1300 g/mol. The highest BCUT2D eigenvalue weighted by Gasteiger charge is 2.67. The molecule has 4 N–H and O–H groups in total. The van der Waals surface area contributed by atoms with E-state index in [2.05, 4.69) is 131 Å². The quantitative estimate of drug-likeness (QED) is 0.0970. The third-order valence-electron chi connectivity index (χ3n) is 34.2. The maximum absolute atomic E-state index is 13.7. The summed E-state index contributed by atoms with van der Waals surface area (Å²) in [7, 11) is 4.23. The van der Waals surface area contributed by atoms with Crippen molar-refractivity contribution >= 4 is 21.0 Å². The SMILES string of the molecule is CC(C)C1CC(O)OC(C(C)C2CC(=O)[C@H]3C4CCC5C[C@@H](O)CC[C@]5(C)C4CC[C@]23C)C1.COc1ccc(COC2CC(C(C)C(O)CC(CC3OCC(C)(C)CO3)C(C)C)[C@@]3(C)CCC4C(CC=C5C[C@@H](OP)CC[C@@]54C)C23)cc1.C[C@]12CC[C@H](O)CC1=CCC1C2CC[C@]2(C)C(=O)CCC12. The van der Waals surface area contributed by atoms with Crippen molar-refractivity contribution in [2.24, 2.45) is 144 Å². The molecule has 0 aromatic heterocycles. The molecule has 0 bridgehead atoms. The molecule has 12 nitrogen and oxygen atoms in total. The molecule has 103 heavy (non-hydrogen) atoms. The van der Waals surface area contributed by atoms with Crippen LogP contribution in [0.25, 0.3) is 0 Å². The third kappa shape index (κ3) is 15.0. The summed E-state index contributed by atoms with van der Waals surface area (Å²) in [5, 5.41) is 42.8. The zero-order valence-corrected chi connectivity index (χ0v) is 68.0. The summed E-state index contributed by atoms with van der Waals surface area (Å²) < 4.78 is 36.7. The van der Waals surface area contributed by atoms with Crippen molar-refractivity contribution in [3.8, 4) is 5.75 Å². The fraction of sp³-hybridized carbons (Fsp3) is 0.867. The Kier molecular flexibility index (Phi) is 23.7. The molecule has 30 atom stereocenters. The smallest absolute Gasteiger partial charge is 0.157 e. The van der Waals surface area contributed by atoms with E-state index in [-0.39, 0.29) is 75.7 Å². The van der Waals surface area contributed by atoms with E-state index in [9.17, 15) is 30.0 Å². The number of allylic oxidation sites excluding steroid dienone is 2. The maximum Gasteiger partial charge on any atom is 0.157 e. The average Bonchev–Trinajstić information content (AvgIpc) is 1.58. The molecule has 0 spiro atoms. The van der Waals surface area contributed by atoms with Gasteiger partial charge in [0.05, 0.1) is 63.6 Å². The van der Waals surface area contributed by atoms with Crippen molar-refractivity contribution in [1.29, 1.82) is 0 Å². The van der Waals surface area contributed by atoms with E-state index in [0.29, 0.717) is 130 Å². The van der Waals surface area contributed by atoms with Crippen LogP contribution in [0.15, 0.2) is 47.6 Å². The Morgan fingerprint density at radius 1 is 0.621 bits per heavy atom. The molecule has 14 aliphatic rings. The molecule has 0 radical (unpaired) electrons. The van der Waals surface area contributed by atoms with Crippen LogP contribution >= 0.6 is 9.47 Å². The largest absolute Gasteiger partial charge is 0.497 e. The zero-order chi connectivity index (χ0) is 73.7. The molecule has 2 saturated heterocycles. The number of carbonyl (C=O) groups excluding carboxylic acids is 2. The van der Waals surface area contributed by atoms with E-state index in [0.717, 1.165) is 147 Å². The number of ether oxygens (including phenoxy) is 5. The number of rotatable bonds is 15. The van der Waals surface area contributed by atoms with Gasteiger partial charge in [-0.25, -0.2) is 0 Å². The van der Waals surface area contributed by atoms with Gasteiger partial charge in [0, 0.05) is 51.9 Å². The molecule has 12 fully saturated rings. The lowest BCUT2D eigenvalue weighted by Gasteiger charge is -2.60. The van der Waals surface area contributed by atoms with Crippen molar-refractivity contribution in [3.05, 3.63) is 53.1 Å². The van der Waals surface area contributed by atoms with Crippen LogP contribution in [-0.4, -0.2) is 102 Å². The normalized spacial score (nSPS) is 45.8. The van der Waals surface area contributed by atoms with Gasteiger partial charge in [0.2, 0.25) is 0 Å². The fourth-order valence-corrected chi connectivity index (χ4v) is 27.9. The monoisotopic (exact) mass is 1450 g/mol. The minimum absolute atomic E-state index is 0.0168. The number of aliphatic hydroxyl groups is 4. The predicted octanol–water partition coefficient (Wildman–Crippen LogP) is 18.9. The zero-order valence-electron chi connectivity index (χ0n) is 66.8. The van der Waals surface area contributed by atoms with Crippen LogP contribution in [-0.2, 0) is 39.7 Å². The van der Waals surface area contributed by atoms with E-state index in [1.165, 1.54) is 56.1 Å². The molecule has 1 aromatic carbocycles. The number of hydrogen-bond acceptors (Lipinski definition) is 12. The van der Waals surface area contributed by atoms with Crippen LogP contribution in [0.1, 0.15) is 276 Å². The first-order valence-electron chi connectivity index (χ1n) is 42.4. The summed E-state index contributed by atoms with van der Waals surface area (Å²) in [6.45, 7) is 34.9. The first-order chi connectivity index (χ1) is 48.8. The van der Waals surface area contributed by atoms with Gasteiger partial charge in [-0.2, -0.15) is 0 Å². The van der Waals surface area contributed by atoms with E-state index in [4.69, 9.17) is 28.2 Å². The Labute approximate surface area is 625 Å². The molecule has 2 heterocycles. The van der Waals surface area contributed by atoms with Crippen LogP contribution in [0.5, 0.6) is 5.75 Å². The summed E-state index contributed by atoms with van der Waals surface area (Å²) in [5.41, 5.74) is 5.44. The number of Topliss-reactive ketones (excluding diaryl/α,β-unsaturated/α-hetero) is 2. The van der Waals surface area contributed by atoms with Gasteiger partial charge in [0.1, 0.15) is 17.3 Å². The van der Waals surface area contributed by atoms with Crippen molar-refractivity contribution in [3.63, 3.8) is 0 Å². The molecule has 10 saturated carbocycles. The number of methoxy groups -OCH3 is 1. The van der Waals surface area contributed by atoms with Gasteiger partial charge in [0.15, 0.2) is 12.6 Å². The lowest BCUT2D eigenvalue weighted by molar-refractivity contribution is -0.230. The fourth-order valence-electron chi connectivity index (χ4n) is 27.7. The average molecular weight is 1450 g/mol. The lowest BCUT2D eigenvalue weighted by atomic mass is 9.44. The van der Waals surface area contributed by atoms with E-state index in [1.807, 2.05) is 12.1 Å². The second kappa shape index (κ2) is 30.9. The van der Waals surface area contributed by atoms with Gasteiger partial charge in [-0.05, 0) is 293 Å². The maximum atomic E-state index is 13.7. The molecule has 20 unspecified atom stereocenters. The summed E-state index contributed by atoms with van der Waals surface area (Å²) in [4.78, 5) is 26.1. The molecule has 13 heteroatoms. The van der Waals surface area contributed by atoms with E-state index < -0.39 is 6.29 Å². The number of aliphatic hydroxyl groups excluding tert-OH is 4. The third-order valence-corrected chi connectivity index (χ3v) is 34.6. The van der Waals surface area contributed by atoms with E-state index in [1.54, 1.807) is 12.7 Å². The van der Waals surface area contributed by atoms with Crippen LogP contribution < -0.4 is 4.74 Å². The number of ketones is 2. The van der Waals surface area contributed by atoms with Crippen molar-refractivity contribution < 1.29 is 58.2 Å². The second-order valence-corrected chi connectivity index (χ2v) is 41.0. The number of carbonyl (C=O) groups is 2. The summed E-state index contributed by atoms with van der Waals surface area (Å²) >= 11 is 0. The van der Waals surface area contributed by atoms with Crippen molar-refractivity contribution in [2.45, 2.75) is 326 Å². The number of benzene rings is 1. The summed E-state index contributed by atoms with van der Waals surface area (Å²) in [5.74, 6) is 10.8. The van der Waals surface area contributed by atoms with Crippen LogP contribution in [0, 0.1) is 144 Å².